The monoisotopic (exact) mass is 438 g/mol. The summed E-state index contributed by atoms with van der Waals surface area (Å²) >= 11 is 0. The molecule has 1 aliphatic rings. The number of halogens is 1. The van der Waals surface area contributed by atoms with Crippen LogP contribution in [0.4, 0.5) is 4.39 Å². The van der Waals surface area contributed by atoms with Gasteiger partial charge in [0.1, 0.15) is 11.6 Å². The van der Waals surface area contributed by atoms with Gasteiger partial charge in [0.05, 0.1) is 13.7 Å². The molecule has 1 saturated heterocycles. The van der Waals surface area contributed by atoms with E-state index in [-0.39, 0.29) is 17.6 Å². The number of benzene rings is 2. The molecule has 2 aromatic carbocycles. The number of nitrogens with one attached hydrogen (secondary N) is 1. The van der Waals surface area contributed by atoms with Gasteiger partial charge in [-0.15, -0.1) is 0 Å². The minimum Gasteiger partial charge on any atom is -0.497 e. The second-order valence-corrected chi connectivity index (χ2v) is 7.96. The maximum atomic E-state index is 13.1. The maximum absolute atomic E-state index is 13.1. The van der Waals surface area contributed by atoms with Gasteiger partial charge in [0.15, 0.2) is 0 Å². The van der Waals surface area contributed by atoms with Crippen molar-refractivity contribution in [2.75, 3.05) is 26.7 Å². The van der Waals surface area contributed by atoms with Crippen molar-refractivity contribution in [3.63, 3.8) is 0 Å². The molecule has 32 heavy (non-hydrogen) atoms. The summed E-state index contributed by atoms with van der Waals surface area (Å²) in [6.07, 6.45) is 2.39. The van der Waals surface area contributed by atoms with Gasteiger partial charge >= 0.3 is 0 Å². The molecule has 0 saturated carbocycles. The topological polar surface area (TPSA) is 80.5 Å². The Bertz CT molecular complexity index is 1010. The second-order valence-electron chi connectivity index (χ2n) is 7.96. The molecular weight excluding hydrogens is 411 g/mol. The molecule has 0 spiro atoms. The molecule has 0 unspecified atom stereocenters. The molecule has 8 heteroatoms. The summed E-state index contributed by atoms with van der Waals surface area (Å²) in [7, 11) is 1.65. The van der Waals surface area contributed by atoms with E-state index in [9.17, 15) is 9.18 Å². The molecule has 0 radical (unpaired) electrons. The van der Waals surface area contributed by atoms with Crippen LogP contribution in [0, 0.1) is 11.7 Å². The number of carbonyl (C=O) groups excluding carboxylic acids is 1. The molecule has 1 N–H and O–H groups in total. The Morgan fingerprint density at radius 1 is 1.16 bits per heavy atom. The zero-order valence-corrected chi connectivity index (χ0v) is 18.1. The zero-order chi connectivity index (χ0) is 22.3. The van der Waals surface area contributed by atoms with Crippen LogP contribution < -0.4 is 10.1 Å². The van der Waals surface area contributed by atoms with E-state index in [1.54, 1.807) is 19.2 Å². The van der Waals surface area contributed by atoms with Crippen LogP contribution in [0.2, 0.25) is 0 Å². The fourth-order valence-corrected chi connectivity index (χ4v) is 3.85. The molecule has 1 fully saturated rings. The van der Waals surface area contributed by atoms with E-state index in [2.05, 4.69) is 20.4 Å². The zero-order valence-electron chi connectivity index (χ0n) is 18.1. The lowest BCUT2D eigenvalue weighted by molar-refractivity contribution is -0.126. The Balaban J connectivity index is 1.19. The van der Waals surface area contributed by atoms with Crippen LogP contribution in [0.25, 0.3) is 11.4 Å². The van der Waals surface area contributed by atoms with Crippen molar-refractivity contribution in [3.8, 4) is 17.1 Å². The molecule has 1 aromatic heterocycles. The van der Waals surface area contributed by atoms with Gasteiger partial charge in [-0.1, -0.05) is 17.3 Å². The number of hydrogen-bond donors (Lipinski definition) is 1. The van der Waals surface area contributed by atoms with E-state index in [1.807, 2.05) is 24.3 Å². The Hall–Kier alpha value is -3.26. The van der Waals surface area contributed by atoms with Crippen molar-refractivity contribution >= 4 is 5.91 Å². The minimum absolute atomic E-state index is 0.0274. The Kier molecular flexibility index (Phi) is 7.11. The number of rotatable bonds is 8. The Morgan fingerprint density at radius 2 is 1.88 bits per heavy atom. The third-order valence-corrected chi connectivity index (χ3v) is 5.76. The summed E-state index contributed by atoms with van der Waals surface area (Å²) in [4.78, 5) is 19.1. The minimum atomic E-state index is -0.301. The SMILES string of the molecule is COc1ccc(CCNC(=O)C2CCN(Cc3nc(-c4ccc(F)cc4)no3)CC2)cc1. The van der Waals surface area contributed by atoms with Crippen molar-refractivity contribution in [1.29, 1.82) is 0 Å². The number of aromatic nitrogens is 2. The summed E-state index contributed by atoms with van der Waals surface area (Å²) in [5.74, 6) is 1.65. The number of nitrogens with zero attached hydrogens (tertiary/aromatic N) is 3. The van der Waals surface area contributed by atoms with Crippen molar-refractivity contribution in [3.05, 3.63) is 65.8 Å². The molecule has 7 nitrogen and oxygen atoms in total. The predicted molar refractivity (Wildman–Crippen MR) is 117 cm³/mol. The number of hydrogen-bond acceptors (Lipinski definition) is 6. The number of ether oxygens (including phenoxy) is 1. The third-order valence-electron chi connectivity index (χ3n) is 5.76. The Labute approximate surface area is 186 Å². The van der Waals surface area contributed by atoms with Crippen LogP contribution in [0.5, 0.6) is 5.75 Å². The first-order valence-electron chi connectivity index (χ1n) is 10.8. The lowest BCUT2D eigenvalue weighted by Gasteiger charge is -2.30. The molecule has 0 bridgehead atoms. The van der Waals surface area contributed by atoms with Gasteiger partial charge < -0.3 is 14.6 Å². The highest BCUT2D eigenvalue weighted by molar-refractivity contribution is 5.78. The molecule has 4 rings (SSSR count). The van der Waals surface area contributed by atoms with Crippen molar-refractivity contribution < 1.29 is 18.4 Å². The van der Waals surface area contributed by atoms with Gasteiger partial charge in [-0.3, -0.25) is 9.69 Å². The van der Waals surface area contributed by atoms with Crippen LogP contribution in [0.3, 0.4) is 0 Å². The molecular formula is C24H27FN4O3. The first-order chi connectivity index (χ1) is 15.6. The standard InChI is InChI=1S/C24H27FN4O3/c1-31-21-8-2-17(3-9-21)10-13-26-24(30)19-11-14-29(15-12-19)16-22-27-23(28-32-22)18-4-6-20(25)7-5-18/h2-9,19H,10-16H2,1H3,(H,26,30). The van der Waals surface area contributed by atoms with Crippen molar-refractivity contribution in [2.45, 2.75) is 25.8 Å². The van der Waals surface area contributed by atoms with E-state index in [4.69, 9.17) is 9.26 Å². The van der Waals surface area contributed by atoms with Gasteiger partial charge in [-0.05, 0) is 74.3 Å². The fourth-order valence-electron chi connectivity index (χ4n) is 3.85. The fraction of sp³-hybridized carbons (Fsp3) is 0.375. The highest BCUT2D eigenvalue weighted by Crippen LogP contribution is 2.21. The van der Waals surface area contributed by atoms with Gasteiger partial charge in [-0.25, -0.2) is 4.39 Å². The van der Waals surface area contributed by atoms with Gasteiger partial charge in [0, 0.05) is 18.0 Å². The summed E-state index contributed by atoms with van der Waals surface area (Å²) in [5.41, 5.74) is 1.88. The van der Waals surface area contributed by atoms with E-state index in [0.717, 1.165) is 38.1 Å². The van der Waals surface area contributed by atoms with E-state index in [0.29, 0.717) is 30.4 Å². The predicted octanol–water partition coefficient (Wildman–Crippen LogP) is 3.46. The first-order valence-corrected chi connectivity index (χ1v) is 10.8. The quantitative estimate of drug-likeness (QED) is 0.580. The lowest BCUT2D eigenvalue weighted by Crippen LogP contribution is -2.40. The summed E-state index contributed by atoms with van der Waals surface area (Å²) < 4.78 is 23.6. The molecule has 0 atom stereocenters. The number of methoxy groups -OCH3 is 1. The van der Waals surface area contributed by atoms with Crippen molar-refractivity contribution in [2.24, 2.45) is 5.92 Å². The summed E-state index contributed by atoms with van der Waals surface area (Å²) in [5, 5.41) is 7.05. The largest absolute Gasteiger partial charge is 0.497 e. The van der Waals surface area contributed by atoms with Crippen LogP contribution in [-0.4, -0.2) is 47.7 Å². The average molecular weight is 439 g/mol. The number of amides is 1. The first kappa shape index (κ1) is 22.0. The van der Waals surface area contributed by atoms with E-state index < -0.39 is 0 Å². The highest BCUT2D eigenvalue weighted by Gasteiger charge is 2.25. The van der Waals surface area contributed by atoms with Crippen LogP contribution >= 0.6 is 0 Å². The molecule has 168 valence electrons. The van der Waals surface area contributed by atoms with Gasteiger partial charge in [-0.2, -0.15) is 4.98 Å². The number of piperidine rings is 1. The molecule has 0 aliphatic carbocycles. The summed E-state index contributed by atoms with van der Waals surface area (Å²) in [6, 6.07) is 13.9. The summed E-state index contributed by atoms with van der Waals surface area (Å²) in [6.45, 7) is 2.76. The second kappa shape index (κ2) is 10.4. The number of carbonyl (C=O) groups is 1. The Morgan fingerprint density at radius 3 is 2.56 bits per heavy atom. The molecule has 3 aromatic rings. The van der Waals surface area contributed by atoms with E-state index >= 15 is 0 Å². The van der Waals surface area contributed by atoms with Crippen molar-refractivity contribution in [1.82, 2.24) is 20.4 Å². The van der Waals surface area contributed by atoms with Crippen LogP contribution in [0.15, 0.2) is 53.1 Å². The van der Waals surface area contributed by atoms with E-state index in [1.165, 1.54) is 17.7 Å². The molecule has 1 aliphatic heterocycles. The van der Waals surface area contributed by atoms with Gasteiger partial charge in [0.2, 0.25) is 17.6 Å². The molecule has 2 heterocycles. The smallest absolute Gasteiger partial charge is 0.241 e. The third kappa shape index (κ3) is 5.70. The molecule has 1 amide bonds. The van der Waals surface area contributed by atoms with Gasteiger partial charge in [0.25, 0.3) is 0 Å². The highest BCUT2D eigenvalue weighted by atomic mass is 19.1. The average Bonchev–Trinajstić information content (AvgIpc) is 3.29. The maximum Gasteiger partial charge on any atom is 0.241 e. The lowest BCUT2D eigenvalue weighted by atomic mass is 9.96. The normalized spacial score (nSPS) is 14.9. The number of likely N-dealkylation sites (tertiary alicyclic amines) is 1. The van der Waals surface area contributed by atoms with Crippen LogP contribution in [-0.2, 0) is 17.8 Å². The van der Waals surface area contributed by atoms with Crippen LogP contribution in [0.1, 0.15) is 24.3 Å².